The highest BCUT2D eigenvalue weighted by molar-refractivity contribution is 6.09. The maximum atomic E-state index is 12.3. The van der Waals surface area contributed by atoms with E-state index in [1.54, 1.807) is 7.05 Å². The van der Waals surface area contributed by atoms with E-state index in [1.165, 1.54) is 4.90 Å². The van der Waals surface area contributed by atoms with Crippen LogP contribution in [-0.2, 0) is 9.59 Å². The first kappa shape index (κ1) is 13.9. The Balaban J connectivity index is 3.47. The summed E-state index contributed by atoms with van der Waals surface area (Å²) in [6.45, 7) is 12.2. The van der Waals surface area contributed by atoms with Crippen LogP contribution in [0, 0.1) is 10.8 Å². The van der Waals surface area contributed by atoms with Gasteiger partial charge in [-0.25, -0.2) is 0 Å². The number of nitrogens with zero attached hydrogens (tertiary/aromatic N) is 1. The van der Waals surface area contributed by atoms with Crippen molar-refractivity contribution in [3.63, 3.8) is 0 Å². The van der Waals surface area contributed by atoms with Crippen LogP contribution in [0.1, 0.15) is 48.0 Å². The molecule has 1 heterocycles. The first-order valence-electron chi connectivity index (χ1n) is 6.01. The Kier molecular flexibility index (Phi) is 3.25. The van der Waals surface area contributed by atoms with Gasteiger partial charge in [-0.1, -0.05) is 41.5 Å². The fourth-order valence-corrected chi connectivity index (χ4v) is 2.18. The van der Waals surface area contributed by atoms with Crippen molar-refractivity contribution in [2.75, 3.05) is 7.05 Å². The van der Waals surface area contributed by atoms with Crippen LogP contribution in [0.2, 0.25) is 0 Å². The van der Waals surface area contributed by atoms with Gasteiger partial charge >= 0.3 is 0 Å². The Labute approximate surface area is 104 Å². The number of hydrogen-bond acceptors (Lipinski definition) is 2. The summed E-state index contributed by atoms with van der Waals surface area (Å²) >= 11 is 0. The number of carbonyl (C=O) groups is 2. The molecule has 3 heteroatoms. The molecule has 1 aliphatic heterocycles. The van der Waals surface area contributed by atoms with E-state index >= 15 is 0 Å². The molecule has 0 unspecified atom stereocenters. The fraction of sp³-hybridized carbons (Fsp3) is 0.714. The van der Waals surface area contributed by atoms with Crippen LogP contribution in [0.4, 0.5) is 0 Å². The molecule has 0 spiro atoms. The molecule has 0 fully saturated rings. The van der Waals surface area contributed by atoms with Gasteiger partial charge in [0, 0.05) is 19.0 Å². The topological polar surface area (TPSA) is 37.4 Å². The van der Waals surface area contributed by atoms with Crippen molar-refractivity contribution >= 4 is 11.8 Å². The van der Waals surface area contributed by atoms with E-state index in [0.717, 1.165) is 11.1 Å². The third kappa shape index (κ3) is 2.59. The minimum atomic E-state index is -0.228. The molecular formula is C14H23NO2. The zero-order valence-electron chi connectivity index (χ0n) is 12.0. The standard InChI is InChI=1S/C14H23NO2/c1-13(2,3)9-8-10(16)15(7)12(17)11(9)14(4,5)6/h8H2,1-7H3. The Morgan fingerprint density at radius 3 is 1.76 bits per heavy atom. The Morgan fingerprint density at radius 1 is 0.941 bits per heavy atom. The third-order valence-electron chi connectivity index (χ3n) is 3.18. The SMILES string of the molecule is CN1C(=O)CC(C(C)(C)C)=C(C(C)(C)C)C1=O. The summed E-state index contributed by atoms with van der Waals surface area (Å²) in [5, 5.41) is 0. The molecule has 0 atom stereocenters. The summed E-state index contributed by atoms with van der Waals surface area (Å²) in [6, 6.07) is 0. The predicted octanol–water partition coefficient (Wildman–Crippen LogP) is 2.76. The molecule has 0 aromatic heterocycles. The monoisotopic (exact) mass is 237 g/mol. The molecule has 1 rings (SSSR count). The van der Waals surface area contributed by atoms with Gasteiger partial charge in [0.2, 0.25) is 5.91 Å². The van der Waals surface area contributed by atoms with E-state index in [9.17, 15) is 9.59 Å². The molecule has 1 aliphatic rings. The van der Waals surface area contributed by atoms with Gasteiger partial charge < -0.3 is 0 Å². The molecule has 0 aromatic carbocycles. The molecule has 0 radical (unpaired) electrons. The molecule has 2 amide bonds. The van der Waals surface area contributed by atoms with Crippen LogP contribution in [0.3, 0.4) is 0 Å². The highest BCUT2D eigenvalue weighted by Gasteiger charge is 2.39. The van der Waals surface area contributed by atoms with Crippen LogP contribution in [0.25, 0.3) is 0 Å². The number of carbonyl (C=O) groups excluding carboxylic acids is 2. The van der Waals surface area contributed by atoms with E-state index in [2.05, 4.69) is 20.8 Å². The molecule has 0 N–H and O–H groups in total. The Hall–Kier alpha value is -1.12. The highest BCUT2D eigenvalue weighted by Crippen LogP contribution is 2.41. The van der Waals surface area contributed by atoms with E-state index in [1.807, 2.05) is 20.8 Å². The minimum Gasteiger partial charge on any atom is -0.282 e. The summed E-state index contributed by atoms with van der Waals surface area (Å²) in [4.78, 5) is 25.3. The van der Waals surface area contributed by atoms with Gasteiger partial charge in [0.15, 0.2) is 0 Å². The summed E-state index contributed by atoms with van der Waals surface area (Å²) in [5.74, 6) is -0.244. The van der Waals surface area contributed by atoms with Gasteiger partial charge in [-0.05, 0) is 16.4 Å². The van der Waals surface area contributed by atoms with E-state index in [4.69, 9.17) is 0 Å². The Bertz CT molecular complexity index is 391. The van der Waals surface area contributed by atoms with Crippen LogP contribution >= 0.6 is 0 Å². The summed E-state index contributed by atoms with van der Waals surface area (Å²) in [7, 11) is 1.57. The van der Waals surface area contributed by atoms with Crippen LogP contribution in [0.5, 0.6) is 0 Å². The molecule has 0 saturated carbocycles. The Morgan fingerprint density at radius 2 is 1.41 bits per heavy atom. The number of hydrogen-bond donors (Lipinski definition) is 0. The van der Waals surface area contributed by atoms with Crippen LogP contribution in [0.15, 0.2) is 11.1 Å². The molecule has 0 aliphatic carbocycles. The summed E-state index contributed by atoms with van der Waals surface area (Å²) in [5.41, 5.74) is 1.41. The highest BCUT2D eigenvalue weighted by atomic mass is 16.2. The smallest absolute Gasteiger partial charge is 0.256 e. The average molecular weight is 237 g/mol. The third-order valence-corrected chi connectivity index (χ3v) is 3.18. The number of imide groups is 1. The average Bonchev–Trinajstić information content (AvgIpc) is 2.09. The van der Waals surface area contributed by atoms with E-state index in [0.29, 0.717) is 6.42 Å². The van der Waals surface area contributed by atoms with E-state index in [-0.39, 0.29) is 22.6 Å². The molecule has 0 saturated heterocycles. The van der Waals surface area contributed by atoms with Gasteiger partial charge in [-0.3, -0.25) is 14.5 Å². The molecular weight excluding hydrogens is 214 g/mol. The number of rotatable bonds is 0. The fourth-order valence-electron chi connectivity index (χ4n) is 2.18. The normalized spacial score (nSPS) is 19.1. The second-order valence-electron chi connectivity index (χ2n) is 6.79. The quantitative estimate of drug-likeness (QED) is 0.607. The van der Waals surface area contributed by atoms with Crippen LogP contribution in [-0.4, -0.2) is 23.8 Å². The second kappa shape index (κ2) is 3.97. The summed E-state index contributed by atoms with van der Waals surface area (Å²) in [6.07, 6.45) is 0.359. The predicted molar refractivity (Wildman–Crippen MR) is 68.3 cm³/mol. The van der Waals surface area contributed by atoms with Crippen molar-refractivity contribution in [1.29, 1.82) is 0 Å². The molecule has 3 nitrogen and oxygen atoms in total. The van der Waals surface area contributed by atoms with Crippen molar-refractivity contribution in [1.82, 2.24) is 4.90 Å². The maximum absolute atomic E-state index is 12.3. The lowest BCUT2D eigenvalue weighted by Gasteiger charge is -2.37. The van der Waals surface area contributed by atoms with Crippen molar-refractivity contribution in [2.24, 2.45) is 10.8 Å². The largest absolute Gasteiger partial charge is 0.282 e. The van der Waals surface area contributed by atoms with Gasteiger partial charge in [0.25, 0.3) is 5.91 Å². The second-order valence-corrected chi connectivity index (χ2v) is 6.79. The van der Waals surface area contributed by atoms with Crippen molar-refractivity contribution in [2.45, 2.75) is 48.0 Å². The maximum Gasteiger partial charge on any atom is 0.256 e. The van der Waals surface area contributed by atoms with Crippen molar-refractivity contribution in [3.8, 4) is 0 Å². The number of amides is 2. The molecule has 96 valence electrons. The van der Waals surface area contributed by atoms with Gasteiger partial charge in [-0.2, -0.15) is 0 Å². The molecule has 0 bridgehead atoms. The lowest BCUT2D eigenvalue weighted by atomic mass is 9.72. The van der Waals surface area contributed by atoms with E-state index < -0.39 is 0 Å². The minimum absolute atomic E-state index is 0.104. The van der Waals surface area contributed by atoms with Crippen molar-refractivity contribution < 1.29 is 9.59 Å². The van der Waals surface area contributed by atoms with Crippen molar-refractivity contribution in [3.05, 3.63) is 11.1 Å². The van der Waals surface area contributed by atoms with Gasteiger partial charge in [0.1, 0.15) is 0 Å². The van der Waals surface area contributed by atoms with Gasteiger partial charge in [0.05, 0.1) is 0 Å². The number of likely N-dealkylation sites (N-methyl/N-ethyl adjacent to an activating group) is 1. The molecule has 0 aromatic rings. The zero-order chi connectivity index (χ0) is 13.6. The first-order valence-corrected chi connectivity index (χ1v) is 6.01. The zero-order valence-corrected chi connectivity index (χ0v) is 12.0. The molecule has 17 heavy (non-hydrogen) atoms. The van der Waals surface area contributed by atoms with Gasteiger partial charge in [-0.15, -0.1) is 0 Å². The lowest BCUT2D eigenvalue weighted by Crippen LogP contribution is -2.43. The first-order chi connectivity index (χ1) is 7.46. The van der Waals surface area contributed by atoms with Crippen LogP contribution < -0.4 is 0 Å². The lowest BCUT2D eigenvalue weighted by molar-refractivity contribution is -0.142. The summed E-state index contributed by atoms with van der Waals surface area (Å²) < 4.78 is 0.